The average molecular weight is 511 g/mol. The van der Waals surface area contributed by atoms with Gasteiger partial charge < -0.3 is 9.67 Å². The highest BCUT2D eigenvalue weighted by Crippen LogP contribution is 2.32. The number of rotatable bonds is 8. The monoisotopic (exact) mass is 510 g/mol. The first-order valence-corrected chi connectivity index (χ1v) is 13.6. The Bertz CT molecular complexity index is 1330. The minimum atomic E-state index is -0.523. The van der Waals surface area contributed by atoms with Crippen molar-refractivity contribution in [3.63, 3.8) is 0 Å². The highest BCUT2D eigenvalue weighted by Gasteiger charge is 2.27. The van der Waals surface area contributed by atoms with Gasteiger partial charge in [-0.05, 0) is 22.6 Å². The third kappa shape index (κ3) is 5.19. The molecule has 7 nitrogen and oxygen atoms in total. The van der Waals surface area contributed by atoms with E-state index in [2.05, 4.69) is 85.4 Å². The molecule has 0 aliphatic carbocycles. The van der Waals surface area contributed by atoms with Gasteiger partial charge in [-0.2, -0.15) is 0 Å². The first-order chi connectivity index (χ1) is 18.3. The Balaban J connectivity index is 1.10. The number of aromatic nitrogens is 4. The molecular formula is C29H30N6OS. The fourth-order valence-corrected chi connectivity index (χ4v) is 6.00. The number of aliphatic hydroxyl groups is 1. The summed E-state index contributed by atoms with van der Waals surface area (Å²) in [4.78, 5) is 19.5. The zero-order chi connectivity index (χ0) is 25.0. The first-order valence-electron chi connectivity index (χ1n) is 12.7. The molecule has 6 rings (SSSR count). The number of aliphatic hydroxyl groups excluding tert-OH is 1. The molecule has 1 saturated heterocycles. The van der Waals surface area contributed by atoms with E-state index in [0.29, 0.717) is 13.1 Å². The van der Waals surface area contributed by atoms with Gasteiger partial charge in [0.15, 0.2) is 5.82 Å². The summed E-state index contributed by atoms with van der Waals surface area (Å²) >= 11 is 1.64. The molecular weight excluding hydrogens is 480 g/mol. The Labute approximate surface area is 221 Å². The molecule has 3 aromatic rings. The number of β-amino-alcohol motifs (C(OH)–C–C–N with tert-alkyl or cyclic N) is 1. The zero-order valence-corrected chi connectivity index (χ0v) is 21.4. The SMILES string of the molecule is O[C@@H](CN1CCN(C(c2ccccc2)c2ccccc2)CC1)Cn1cnc(-c2cccs2)c2ncnc1-2. The summed E-state index contributed by atoms with van der Waals surface area (Å²) in [6, 6.07) is 25.8. The Morgan fingerprint density at radius 2 is 1.46 bits per heavy atom. The number of nitrogens with zero attached hydrogens (tertiary/aromatic N) is 6. The van der Waals surface area contributed by atoms with E-state index >= 15 is 0 Å². The lowest BCUT2D eigenvalue weighted by molar-refractivity contribution is 0.0555. The predicted octanol–water partition coefficient (Wildman–Crippen LogP) is 4.27. The number of piperazine rings is 1. The number of hydrogen-bond donors (Lipinski definition) is 1. The van der Waals surface area contributed by atoms with Gasteiger partial charge in [-0.1, -0.05) is 66.7 Å². The largest absolute Gasteiger partial charge is 0.390 e. The molecule has 1 atom stereocenters. The van der Waals surface area contributed by atoms with Crippen molar-refractivity contribution >= 4 is 11.3 Å². The summed E-state index contributed by atoms with van der Waals surface area (Å²) in [7, 11) is 0. The van der Waals surface area contributed by atoms with Crippen molar-refractivity contribution in [3.8, 4) is 22.1 Å². The summed E-state index contributed by atoms with van der Waals surface area (Å²) in [6.45, 7) is 4.78. The van der Waals surface area contributed by atoms with Crippen LogP contribution in [0, 0.1) is 0 Å². The van der Waals surface area contributed by atoms with Crippen LogP contribution < -0.4 is 0 Å². The minimum Gasteiger partial charge on any atom is -0.390 e. The van der Waals surface area contributed by atoms with Gasteiger partial charge >= 0.3 is 0 Å². The van der Waals surface area contributed by atoms with E-state index in [1.54, 1.807) is 24.0 Å². The van der Waals surface area contributed by atoms with Gasteiger partial charge in [0, 0.05) is 32.7 Å². The lowest BCUT2D eigenvalue weighted by Gasteiger charge is -2.40. The molecule has 0 saturated carbocycles. The normalized spacial score (nSPS) is 15.9. The Hall–Kier alpha value is -3.43. The smallest absolute Gasteiger partial charge is 0.163 e. The molecule has 3 aliphatic rings. The summed E-state index contributed by atoms with van der Waals surface area (Å²) in [6.07, 6.45) is 2.82. The molecule has 1 N–H and O–H groups in total. The molecule has 1 fully saturated rings. The summed E-state index contributed by atoms with van der Waals surface area (Å²) in [5, 5.41) is 13.0. The van der Waals surface area contributed by atoms with Crippen LogP contribution in [0.25, 0.3) is 22.1 Å². The fraction of sp³-hybridized carbons (Fsp3) is 0.276. The van der Waals surface area contributed by atoms with Gasteiger partial charge in [-0.25, -0.2) is 15.0 Å². The van der Waals surface area contributed by atoms with Gasteiger partial charge in [-0.3, -0.25) is 9.80 Å². The molecule has 0 bridgehead atoms. The zero-order valence-electron chi connectivity index (χ0n) is 20.6. The summed E-state index contributed by atoms with van der Waals surface area (Å²) in [5.74, 6) is 0.760. The Kier molecular flexibility index (Phi) is 7.05. The summed E-state index contributed by atoms with van der Waals surface area (Å²) < 4.78 is 1.92. The number of benzene rings is 2. The Morgan fingerprint density at radius 3 is 2.11 bits per heavy atom. The number of hydrogen-bond acceptors (Lipinski definition) is 7. The maximum Gasteiger partial charge on any atom is 0.163 e. The van der Waals surface area contributed by atoms with Crippen LogP contribution >= 0.6 is 11.3 Å². The third-order valence-electron chi connectivity index (χ3n) is 7.03. The standard InChI is InChI=1S/C29H30N6OS/c36-24(19-35-21-32-26(25-12-7-17-37-25)27-29(35)31-20-30-27)18-33-13-15-34(16-14-33)28(22-8-3-1-4-9-22)23-10-5-2-6-11-23/h1-12,17,20-21,24,28,36H,13-16,18-19H2/t24-/m0/s1. The van der Waals surface area contributed by atoms with E-state index in [1.807, 2.05) is 22.1 Å². The highest BCUT2D eigenvalue weighted by molar-refractivity contribution is 7.13. The molecule has 3 aliphatic heterocycles. The lowest BCUT2D eigenvalue weighted by Crippen LogP contribution is -2.50. The number of fused-ring (bicyclic) bond motifs is 1. The van der Waals surface area contributed by atoms with Crippen molar-refractivity contribution in [2.45, 2.75) is 18.7 Å². The fourth-order valence-electron chi connectivity index (χ4n) is 5.28. The average Bonchev–Trinajstić information content (AvgIpc) is 3.65. The number of imidazole rings is 1. The summed E-state index contributed by atoms with van der Waals surface area (Å²) in [5.41, 5.74) is 4.25. The first kappa shape index (κ1) is 23.9. The van der Waals surface area contributed by atoms with Crippen molar-refractivity contribution in [3.05, 3.63) is 102 Å². The van der Waals surface area contributed by atoms with Gasteiger partial charge in [0.05, 0.1) is 29.9 Å². The van der Waals surface area contributed by atoms with E-state index in [4.69, 9.17) is 0 Å². The van der Waals surface area contributed by atoms with E-state index in [-0.39, 0.29) is 6.04 Å². The second-order valence-electron chi connectivity index (χ2n) is 9.48. The van der Waals surface area contributed by atoms with Gasteiger partial charge in [0.1, 0.15) is 17.7 Å². The van der Waals surface area contributed by atoms with Crippen LogP contribution in [0.15, 0.2) is 90.8 Å². The molecule has 0 radical (unpaired) electrons. The lowest BCUT2D eigenvalue weighted by atomic mass is 9.96. The second-order valence-corrected chi connectivity index (χ2v) is 10.4. The van der Waals surface area contributed by atoms with Crippen LogP contribution in [0.2, 0.25) is 0 Å². The molecule has 4 heterocycles. The molecule has 0 amide bonds. The van der Waals surface area contributed by atoms with Gasteiger partial charge in [0.2, 0.25) is 0 Å². The Morgan fingerprint density at radius 1 is 0.757 bits per heavy atom. The molecule has 2 aromatic carbocycles. The van der Waals surface area contributed by atoms with Crippen LogP contribution in [-0.2, 0) is 6.54 Å². The predicted molar refractivity (Wildman–Crippen MR) is 146 cm³/mol. The van der Waals surface area contributed by atoms with Crippen LogP contribution in [0.5, 0.6) is 0 Å². The molecule has 188 valence electrons. The maximum atomic E-state index is 11.0. The van der Waals surface area contributed by atoms with Crippen molar-refractivity contribution in [1.82, 2.24) is 29.3 Å². The van der Waals surface area contributed by atoms with Crippen LogP contribution in [0.1, 0.15) is 17.2 Å². The second kappa shape index (κ2) is 10.9. The van der Waals surface area contributed by atoms with Gasteiger partial charge in [0.25, 0.3) is 0 Å². The van der Waals surface area contributed by atoms with E-state index < -0.39 is 6.10 Å². The topological polar surface area (TPSA) is 70.3 Å². The molecule has 1 aromatic heterocycles. The van der Waals surface area contributed by atoms with Crippen molar-refractivity contribution in [2.24, 2.45) is 0 Å². The molecule has 0 unspecified atom stereocenters. The van der Waals surface area contributed by atoms with Crippen LogP contribution in [0.3, 0.4) is 0 Å². The number of thiophene rings is 1. The highest BCUT2D eigenvalue weighted by atomic mass is 32.1. The minimum absolute atomic E-state index is 0.238. The molecule has 37 heavy (non-hydrogen) atoms. The maximum absolute atomic E-state index is 11.0. The molecule has 8 heteroatoms. The van der Waals surface area contributed by atoms with E-state index in [9.17, 15) is 5.11 Å². The van der Waals surface area contributed by atoms with Gasteiger partial charge in [-0.15, -0.1) is 11.3 Å². The molecule has 0 spiro atoms. The van der Waals surface area contributed by atoms with Crippen LogP contribution in [0.4, 0.5) is 0 Å². The quantitative estimate of drug-likeness (QED) is 0.336. The van der Waals surface area contributed by atoms with Crippen molar-refractivity contribution in [2.75, 3.05) is 32.7 Å². The van der Waals surface area contributed by atoms with Crippen LogP contribution in [-0.4, -0.2) is 73.3 Å². The van der Waals surface area contributed by atoms with Crippen molar-refractivity contribution in [1.29, 1.82) is 0 Å². The van der Waals surface area contributed by atoms with E-state index in [1.165, 1.54) is 11.1 Å². The van der Waals surface area contributed by atoms with Crippen molar-refractivity contribution < 1.29 is 5.11 Å². The van der Waals surface area contributed by atoms with E-state index in [0.717, 1.165) is 48.3 Å². The third-order valence-corrected chi connectivity index (χ3v) is 7.91.